The highest BCUT2D eigenvalue weighted by atomic mass is 19.2. The zero-order chi connectivity index (χ0) is 13.5. The average molecular weight is 259 g/mol. The van der Waals surface area contributed by atoms with Crippen molar-refractivity contribution in [3.63, 3.8) is 0 Å². The van der Waals surface area contributed by atoms with Gasteiger partial charge in [0.25, 0.3) is 0 Å². The molecule has 0 bridgehead atoms. The van der Waals surface area contributed by atoms with E-state index < -0.39 is 17.5 Å². The van der Waals surface area contributed by atoms with Gasteiger partial charge in [0, 0.05) is 13.6 Å². The lowest BCUT2D eigenvalue weighted by atomic mass is 10.3. The van der Waals surface area contributed by atoms with Crippen LogP contribution >= 0.6 is 0 Å². The number of anilines is 1. The minimum absolute atomic E-state index is 0. The van der Waals surface area contributed by atoms with Crippen molar-refractivity contribution in [3.8, 4) is 5.75 Å². The summed E-state index contributed by atoms with van der Waals surface area (Å²) in [6.45, 7) is 0. The fourth-order valence-electron chi connectivity index (χ4n) is 1.05. The Balaban J connectivity index is 0.000000352. The molecule has 2 rings (SSSR count). The molecule has 2 aromatic carbocycles. The monoisotopic (exact) mass is 259 g/mol. The van der Waals surface area contributed by atoms with Gasteiger partial charge in [-0.1, -0.05) is 18.2 Å². The molecule has 0 amide bonds. The van der Waals surface area contributed by atoms with Crippen LogP contribution in [0.4, 0.5) is 18.9 Å². The van der Waals surface area contributed by atoms with E-state index in [1.165, 1.54) is 5.48 Å². The minimum atomic E-state index is -1.55. The molecule has 0 aliphatic heterocycles. The van der Waals surface area contributed by atoms with Crippen LogP contribution in [0.5, 0.6) is 5.75 Å². The van der Waals surface area contributed by atoms with E-state index in [0.29, 0.717) is 17.9 Å². The van der Waals surface area contributed by atoms with Crippen LogP contribution < -0.4 is 5.48 Å². The van der Waals surface area contributed by atoms with Crippen molar-refractivity contribution >= 4 is 5.69 Å². The first-order chi connectivity index (χ1) is 8.54. The van der Waals surface area contributed by atoms with Gasteiger partial charge >= 0.3 is 0 Å². The quantitative estimate of drug-likeness (QED) is 0.542. The second kappa shape index (κ2) is 6.51. The van der Waals surface area contributed by atoms with Gasteiger partial charge in [-0.25, -0.2) is 13.2 Å². The summed E-state index contributed by atoms with van der Waals surface area (Å²) in [4.78, 5) is 0. The number of phenols is 1. The Kier molecular flexibility index (Phi) is 5.01. The summed E-state index contributed by atoms with van der Waals surface area (Å²) in [5, 5.41) is 16.8. The first-order valence-corrected chi connectivity index (χ1v) is 4.83. The highest BCUT2D eigenvalue weighted by molar-refractivity contribution is 5.41. The van der Waals surface area contributed by atoms with Gasteiger partial charge in [0.2, 0.25) is 0 Å². The Bertz CT molecular complexity index is 489. The van der Waals surface area contributed by atoms with Crippen LogP contribution in [0, 0.1) is 17.5 Å². The molecule has 0 radical (unpaired) electrons. The fourth-order valence-corrected chi connectivity index (χ4v) is 1.05. The Morgan fingerprint density at radius 1 is 0.944 bits per heavy atom. The molecule has 6 heteroatoms. The van der Waals surface area contributed by atoms with Crippen molar-refractivity contribution in [1.82, 2.24) is 0 Å². The van der Waals surface area contributed by atoms with Crippen LogP contribution in [0.2, 0.25) is 0 Å². The Morgan fingerprint density at radius 2 is 1.44 bits per heavy atom. The van der Waals surface area contributed by atoms with Gasteiger partial charge in [-0.2, -0.15) is 0 Å². The van der Waals surface area contributed by atoms with Gasteiger partial charge in [-0.3, -0.25) is 10.7 Å². The lowest BCUT2D eigenvalue weighted by Gasteiger charge is -1.99. The molecule has 0 aliphatic carbocycles. The molecule has 3 nitrogen and oxygen atoms in total. The fraction of sp³-hybridized carbons (Fsp3) is 0. The van der Waals surface area contributed by atoms with Crippen molar-refractivity contribution in [2.75, 3.05) is 5.48 Å². The third kappa shape index (κ3) is 3.99. The van der Waals surface area contributed by atoms with Crippen LogP contribution in [0.3, 0.4) is 0 Å². The minimum Gasteiger partial charge on any atom is -0.508 e. The van der Waals surface area contributed by atoms with Crippen molar-refractivity contribution < 1.29 is 24.9 Å². The maximum atomic E-state index is 12.3. The molecule has 98 valence electrons. The predicted molar refractivity (Wildman–Crippen MR) is 61.9 cm³/mol. The van der Waals surface area contributed by atoms with Gasteiger partial charge in [0.15, 0.2) is 17.5 Å². The van der Waals surface area contributed by atoms with Gasteiger partial charge in [-0.15, -0.1) is 0 Å². The zero-order valence-corrected chi connectivity index (χ0v) is 9.07. The number of aromatic hydroxyl groups is 1. The third-order valence-corrected chi connectivity index (χ3v) is 1.87. The van der Waals surface area contributed by atoms with E-state index in [-0.39, 0.29) is 7.11 Å². The van der Waals surface area contributed by atoms with Crippen LogP contribution in [0.1, 0.15) is 1.43 Å². The maximum absolute atomic E-state index is 12.3. The smallest absolute Gasteiger partial charge is 0.194 e. The molecular formula is C12H12F3NO2. The molecule has 0 unspecified atom stereocenters. The number of nitrogens with one attached hydrogen (secondary N) is 1. The molecule has 0 saturated heterocycles. The average Bonchev–Trinajstić information content (AvgIpc) is 2.37. The lowest BCUT2D eigenvalue weighted by molar-refractivity contribution is 0.385. The van der Waals surface area contributed by atoms with Gasteiger partial charge in [0.1, 0.15) is 5.75 Å². The molecule has 0 spiro atoms. The Labute approximate surface area is 103 Å². The van der Waals surface area contributed by atoms with E-state index in [0.717, 1.165) is 0 Å². The molecule has 3 N–H and O–H groups in total. The summed E-state index contributed by atoms with van der Waals surface area (Å²) in [5.41, 5.74) is 1.25. The number of para-hydroxylation sites is 1. The van der Waals surface area contributed by atoms with Gasteiger partial charge < -0.3 is 5.11 Å². The summed E-state index contributed by atoms with van der Waals surface area (Å²) in [6.07, 6.45) is 0. The lowest BCUT2D eigenvalue weighted by Crippen LogP contribution is -1.95. The van der Waals surface area contributed by atoms with Crippen molar-refractivity contribution in [1.29, 1.82) is 0 Å². The third-order valence-electron chi connectivity index (χ3n) is 1.87. The number of hydrogen-bond acceptors (Lipinski definition) is 3. The molecule has 0 fully saturated rings. The normalized spacial score (nSPS) is 9.33. The van der Waals surface area contributed by atoms with Gasteiger partial charge in [0.05, 0.1) is 5.69 Å². The number of hydrogen-bond donors (Lipinski definition) is 3. The number of phenolic OH excluding ortho intramolecular Hbond substituents is 1. The van der Waals surface area contributed by atoms with E-state index >= 15 is 0 Å². The molecular weight excluding hydrogens is 247 g/mol. The van der Waals surface area contributed by atoms with Crippen LogP contribution in [-0.4, -0.2) is 10.3 Å². The summed E-state index contributed by atoms with van der Waals surface area (Å²) in [6, 6.07) is 9.99. The first-order valence-electron chi connectivity index (χ1n) is 4.83. The highest BCUT2D eigenvalue weighted by Gasteiger charge is 2.09. The van der Waals surface area contributed by atoms with Crippen molar-refractivity contribution in [3.05, 3.63) is 59.9 Å². The van der Waals surface area contributed by atoms with E-state index in [9.17, 15) is 13.2 Å². The summed E-state index contributed by atoms with van der Waals surface area (Å²) < 4.78 is 36.7. The number of halogens is 3. The molecule has 0 aliphatic rings. The first kappa shape index (κ1) is 13.9. The van der Waals surface area contributed by atoms with Crippen LogP contribution in [0.25, 0.3) is 0 Å². The highest BCUT2D eigenvalue weighted by Crippen LogP contribution is 2.16. The number of benzene rings is 2. The van der Waals surface area contributed by atoms with Crippen molar-refractivity contribution in [2.24, 2.45) is 0 Å². The Morgan fingerprint density at radius 3 is 1.78 bits per heavy atom. The topological polar surface area (TPSA) is 52.5 Å². The molecule has 0 heterocycles. The maximum Gasteiger partial charge on any atom is 0.194 e. The predicted octanol–water partition coefficient (Wildman–Crippen LogP) is 3.54. The summed E-state index contributed by atoms with van der Waals surface area (Å²) in [7, 11) is 0. The van der Waals surface area contributed by atoms with Crippen molar-refractivity contribution in [2.45, 2.75) is 0 Å². The largest absolute Gasteiger partial charge is 0.508 e. The summed E-state index contributed by atoms with van der Waals surface area (Å²) in [5.74, 6) is -3.92. The van der Waals surface area contributed by atoms with Gasteiger partial charge in [-0.05, 0) is 12.1 Å². The molecule has 0 atom stereocenters. The van der Waals surface area contributed by atoms with E-state index in [1.54, 1.807) is 24.3 Å². The molecule has 0 aromatic heterocycles. The van der Waals surface area contributed by atoms with E-state index in [1.807, 2.05) is 6.07 Å². The standard InChI is InChI=1S/C6H4F3NO.C6H6O.H2/c7-4-1-3(10-11)2-5(8)6(4)9;7-6-4-2-1-3-5-6;/h1-2,10-11H;1-5,7H;1H. The van der Waals surface area contributed by atoms with E-state index in [4.69, 9.17) is 10.3 Å². The molecule has 18 heavy (non-hydrogen) atoms. The molecule has 0 saturated carbocycles. The molecule has 2 aromatic rings. The second-order valence-electron chi connectivity index (χ2n) is 3.20. The second-order valence-corrected chi connectivity index (χ2v) is 3.20. The van der Waals surface area contributed by atoms with Crippen LogP contribution in [0.15, 0.2) is 42.5 Å². The van der Waals surface area contributed by atoms with Crippen LogP contribution in [-0.2, 0) is 0 Å². The van der Waals surface area contributed by atoms with E-state index in [2.05, 4.69) is 0 Å². The zero-order valence-electron chi connectivity index (χ0n) is 9.07. The number of rotatable bonds is 1. The SMILES string of the molecule is ONc1cc(F)c(F)c(F)c1.Oc1ccccc1.[HH]. The summed E-state index contributed by atoms with van der Waals surface area (Å²) >= 11 is 0. The Hall–Kier alpha value is -2.21.